The van der Waals surface area contributed by atoms with Gasteiger partial charge in [-0.25, -0.2) is 0 Å². The third kappa shape index (κ3) is 3.46. The van der Waals surface area contributed by atoms with Crippen molar-refractivity contribution in [3.05, 3.63) is 27.3 Å². The number of hydrogen-bond donors (Lipinski definition) is 0. The van der Waals surface area contributed by atoms with Crippen molar-refractivity contribution in [3.63, 3.8) is 0 Å². The number of alkyl halides is 1. The number of carbonyl (C=O) groups is 1. The molecule has 0 N–H and O–H groups in total. The summed E-state index contributed by atoms with van der Waals surface area (Å²) in [4.78, 5) is 10.7. The van der Waals surface area contributed by atoms with E-state index >= 15 is 0 Å². The highest BCUT2D eigenvalue weighted by molar-refractivity contribution is 14.1. The highest BCUT2D eigenvalue weighted by Crippen LogP contribution is 2.22. The fourth-order valence-corrected chi connectivity index (χ4v) is 1.95. The summed E-state index contributed by atoms with van der Waals surface area (Å²) in [5.74, 6) is 0.910. The van der Waals surface area contributed by atoms with Crippen LogP contribution in [0.5, 0.6) is 5.75 Å². The van der Waals surface area contributed by atoms with E-state index in [2.05, 4.69) is 22.6 Å². The smallest absolute Gasteiger partial charge is 0.308 e. The summed E-state index contributed by atoms with van der Waals surface area (Å²) in [6, 6.07) is 5.69. The van der Waals surface area contributed by atoms with Crippen LogP contribution in [0.3, 0.4) is 0 Å². The number of aryl methyl sites for hydroxylation is 1. The lowest BCUT2D eigenvalue weighted by Gasteiger charge is -2.05. The number of benzene rings is 1. The van der Waals surface area contributed by atoms with Gasteiger partial charge in [-0.1, -0.05) is 6.07 Å². The van der Waals surface area contributed by atoms with Gasteiger partial charge in [0.25, 0.3) is 0 Å². The zero-order valence-corrected chi connectivity index (χ0v) is 10.6. The van der Waals surface area contributed by atoms with Gasteiger partial charge in [0.05, 0.1) is 3.57 Å². The monoisotopic (exact) mass is 324 g/mol. The summed E-state index contributed by atoms with van der Waals surface area (Å²) in [6.45, 7) is 1.39. The molecular formula is C10H10ClIO2. The minimum absolute atomic E-state index is 0.298. The molecule has 0 unspecified atom stereocenters. The normalized spacial score (nSPS) is 9.93. The van der Waals surface area contributed by atoms with Gasteiger partial charge in [0.15, 0.2) is 0 Å². The molecule has 4 heteroatoms. The molecule has 14 heavy (non-hydrogen) atoms. The topological polar surface area (TPSA) is 26.3 Å². The zero-order chi connectivity index (χ0) is 10.6. The third-order valence-electron chi connectivity index (χ3n) is 1.63. The van der Waals surface area contributed by atoms with Crippen LogP contribution in [0.1, 0.15) is 12.5 Å². The Balaban J connectivity index is 2.84. The van der Waals surface area contributed by atoms with E-state index < -0.39 is 0 Å². The summed E-state index contributed by atoms with van der Waals surface area (Å²) in [6.07, 6.45) is 0.831. The number of rotatable bonds is 3. The van der Waals surface area contributed by atoms with Crippen LogP contribution >= 0.6 is 34.2 Å². The van der Waals surface area contributed by atoms with Crippen LogP contribution in [-0.4, -0.2) is 11.8 Å². The Labute approximate surface area is 102 Å². The average Bonchev–Trinajstić information content (AvgIpc) is 2.10. The van der Waals surface area contributed by atoms with Gasteiger partial charge in [-0.2, -0.15) is 0 Å². The molecule has 0 heterocycles. The van der Waals surface area contributed by atoms with Crippen molar-refractivity contribution < 1.29 is 9.53 Å². The van der Waals surface area contributed by atoms with E-state index in [1.54, 1.807) is 6.07 Å². The van der Waals surface area contributed by atoms with Crippen molar-refractivity contribution in [3.8, 4) is 5.75 Å². The molecule has 1 aromatic carbocycles. The van der Waals surface area contributed by atoms with Gasteiger partial charge in [-0.05, 0) is 46.7 Å². The SMILES string of the molecule is CC(=O)Oc1ccc(CCCl)cc1I. The first-order valence-electron chi connectivity index (χ1n) is 4.16. The fourth-order valence-electron chi connectivity index (χ4n) is 1.05. The minimum atomic E-state index is -0.298. The quantitative estimate of drug-likeness (QED) is 0.370. The Morgan fingerprint density at radius 1 is 1.57 bits per heavy atom. The van der Waals surface area contributed by atoms with Gasteiger partial charge in [0, 0.05) is 12.8 Å². The van der Waals surface area contributed by atoms with Crippen LogP contribution in [0, 0.1) is 3.57 Å². The molecule has 0 spiro atoms. The van der Waals surface area contributed by atoms with Crippen LogP contribution in [0.15, 0.2) is 18.2 Å². The summed E-state index contributed by atoms with van der Waals surface area (Å²) >= 11 is 7.76. The van der Waals surface area contributed by atoms with Crippen molar-refractivity contribution in [2.45, 2.75) is 13.3 Å². The van der Waals surface area contributed by atoms with Crippen LogP contribution < -0.4 is 4.74 Å². The van der Waals surface area contributed by atoms with E-state index in [9.17, 15) is 4.79 Å². The molecule has 2 nitrogen and oxygen atoms in total. The Bertz CT molecular complexity index is 339. The van der Waals surface area contributed by atoms with E-state index in [0.717, 1.165) is 15.6 Å². The van der Waals surface area contributed by atoms with Gasteiger partial charge >= 0.3 is 5.97 Å². The minimum Gasteiger partial charge on any atom is -0.426 e. The number of hydrogen-bond acceptors (Lipinski definition) is 2. The first kappa shape index (κ1) is 11.8. The number of carbonyl (C=O) groups excluding carboxylic acids is 1. The van der Waals surface area contributed by atoms with Crippen molar-refractivity contribution in [1.82, 2.24) is 0 Å². The number of esters is 1. The van der Waals surface area contributed by atoms with Crippen molar-refractivity contribution in [2.75, 3.05) is 5.88 Å². The Hall–Kier alpha value is -0.290. The molecule has 0 amide bonds. The highest BCUT2D eigenvalue weighted by Gasteiger charge is 2.04. The molecule has 1 aromatic rings. The van der Waals surface area contributed by atoms with Crippen molar-refractivity contribution in [2.24, 2.45) is 0 Å². The summed E-state index contributed by atoms with van der Waals surface area (Å²) in [7, 11) is 0. The van der Waals surface area contributed by atoms with E-state index in [1.165, 1.54) is 6.92 Å². The van der Waals surface area contributed by atoms with Crippen LogP contribution in [0.4, 0.5) is 0 Å². The fraction of sp³-hybridized carbons (Fsp3) is 0.300. The largest absolute Gasteiger partial charge is 0.426 e. The second-order valence-corrected chi connectivity index (χ2v) is 4.34. The molecule has 0 aliphatic carbocycles. The molecule has 1 rings (SSSR count). The van der Waals surface area contributed by atoms with Crippen LogP contribution in [-0.2, 0) is 11.2 Å². The highest BCUT2D eigenvalue weighted by atomic mass is 127. The van der Waals surface area contributed by atoms with E-state index in [4.69, 9.17) is 16.3 Å². The third-order valence-corrected chi connectivity index (χ3v) is 2.67. The molecule has 0 saturated carbocycles. The van der Waals surface area contributed by atoms with Gasteiger partial charge in [0.2, 0.25) is 0 Å². The first-order valence-corrected chi connectivity index (χ1v) is 5.77. The second kappa shape index (κ2) is 5.56. The lowest BCUT2D eigenvalue weighted by molar-refractivity contribution is -0.131. The summed E-state index contributed by atoms with van der Waals surface area (Å²) in [5, 5.41) is 0. The van der Waals surface area contributed by atoms with Gasteiger partial charge in [-0.15, -0.1) is 11.6 Å². The maximum Gasteiger partial charge on any atom is 0.308 e. The van der Waals surface area contributed by atoms with Crippen molar-refractivity contribution in [1.29, 1.82) is 0 Å². The van der Waals surface area contributed by atoms with Crippen LogP contribution in [0.2, 0.25) is 0 Å². The van der Waals surface area contributed by atoms with Crippen LogP contribution in [0.25, 0.3) is 0 Å². The van der Waals surface area contributed by atoms with Gasteiger partial charge < -0.3 is 4.74 Å². The average molecular weight is 325 g/mol. The molecule has 0 aromatic heterocycles. The van der Waals surface area contributed by atoms with Crippen molar-refractivity contribution >= 4 is 40.2 Å². The predicted octanol–water partition coefficient (Wildman–Crippen LogP) is 3.00. The maximum absolute atomic E-state index is 10.7. The molecule has 0 saturated heterocycles. The maximum atomic E-state index is 10.7. The number of halogens is 2. The molecule has 0 radical (unpaired) electrons. The first-order chi connectivity index (χ1) is 6.63. The van der Waals surface area contributed by atoms with Gasteiger partial charge in [0.1, 0.15) is 5.75 Å². The Kier molecular flexibility index (Phi) is 4.68. The molecule has 0 aliphatic rings. The molecule has 0 bridgehead atoms. The second-order valence-electron chi connectivity index (χ2n) is 2.80. The Morgan fingerprint density at radius 3 is 2.79 bits per heavy atom. The lowest BCUT2D eigenvalue weighted by atomic mass is 10.2. The Morgan fingerprint density at radius 2 is 2.29 bits per heavy atom. The van der Waals surface area contributed by atoms with E-state index in [0.29, 0.717) is 11.6 Å². The summed E-state index contributed by atoms with van der Waals surface area (Å²) < 4.78 is 5.93. The molecule has 0 aliphatic heterocycles. The zero-order valence-electron chi connectivity index (χ0n) is 7.72. The van der Waals surface area contributed by atoms with E-state index in [1.807, 2.05) is 12.1 Å². The standard InChI is InChI=1S/C10H10ClIO2/c1-7(13)14-10-3-2-8(4-5-11)6-9(10)12/h2-3,6H,4-5H2,1H3. The van der Waals surface area contributed by atoms with Gasteiger partial charge in [-0.3, -0.25) is 4.79 Å². The predicted molar refractivity (Wildman–Crippen MR) is 64.9 cm³/mol. The summed E-state index contributed by atoms with van der Waals surface area (Å²) in [5.41, 5.74) is 1.15. The molecule has 0 atom stereocenters. The number of ether oxygens (including phenoxy) is 1. The van der Waals surface area contributed by atoms with E-state index in [-0.39, 0.29) is 5.97 Å². The molecular weight excluding hydrogens is 314 g/mol. The molecule has 76 valence electrons. The lowest BCUT2D eigenvalue weighted by Crippen LogP contribution is -2.03. The molecule has 0 fully saturated rings.